The highest BCUT2D eigenvalue weighted by Crippen LogP contribution is 2.19. The number of nitro groups is 1. The van der Waals surface area contributed by atoms with Crippen molar-refractivity contribution in [2.24, 2.45) is 5.10 Å². The van der Waals surface area contributed by atoms with Gasteiger partial charge in [0.05, 0.1) is 16.7 Å². The summed E-state index contributed by atoms with van der Waals surface area (Å²) < 4.78 is 5.77. The standard InChI is InChI=1S/C21H17N3O5/c25-19-7-3-2-6-18(19)21(26)23-22-13-16-5-1-4-8-20(16)29-14-15-9-11-17(12-10-15)24(27)28/h1-13,25H,14H2,(H,23,26)/b22-13+. The van der Waals surface area contributed by atoms with Crippen molar-refractivity contribution >= 4 is 17.8 Å². The Labute approximate surface area is 166 Å². The van der Waals surface area contributed by atoms with Gasteiger partial charge in [-0.1, -0.05) is 24.3 Å². The van der Waals surface area contributed by atoms with E-state index in [0.717, 1.165) is 5.56 Å². The van der Waals surface area contributed by atoms with Crippen LogP contribution in [-0.4, -0.2) is 22.2 Å². The van der Waals surface area contributed by atoms with Crippen LogP contribution >= 0.6 is 0 Å². The van der Waals surface area contributed by atoms with Crippen molar-refractivity contribution in [3.05, 3.63) is 99.6 Å². The highest BCUT2D eigenvalue weighted by atomic mass is 16.6. The van der Waals surface area contributed by atoms with E-state index in [-0.39, 0.29) is 23.6 Å². The van der Waals surface area contributed by atoms with Crippen molar-refractivity contribution in [2.45, 2.75) is 6.61 Å². The lowest BCUT2D eigenvalue weighted by molar-refractivity contribution is -0.384. The Hall–Kier alpha value is -4.20. The molecule has 0 unspecified atom stereocenters. The molecule has 3 aromatic rings. The van der Waals surface area contributed by atoms with E-state index in [2.05, 4.69) is 10.5 Å². The number of amides is 1. The summed E-state index contributed by atoms with van der Waals surface area (Å²) in [4.78, 5) is 22.3. The summed E-state index contributed by atoms with van der Waals surface area (Å²) in [6.45, 7) is 0.215. The summed E-state index contributed by atoms with van der Waals surface area (Å²) in [5.74, 6) is -0.137. The third-order valence-electron chi connectivity index (χ3n) is 3.98. The number of ether oxygens (including phenoxy) is 1. The quantitative estimate of drug-likeness (QED) is 0.363. The average Bonchev–Trinajstić information content (AvgIpc) is 2.73. The van der Waals surface area contributed by atoms with Gasteiger partial charge in [0.2, 0.25) is 0 Å². The summed E-state index contributed by atoms with van der Waals surface area (Å²) in [6, 6.07) is 19.4. The molecule has 1 amide bonds. The predicted octanol–water partition coefficient (Wildman–Crippen LogP) is 3.64. The number of phenols is 1. The Bertz CT molecular complexity index is 1050. The minimum absolute atomic E-state index is 0.0153. The number of benzene rings is 3. The molecule has 0 spiro atoms. The van der Waals surface area contributed by atoms with E-state index in [1.165, 1.54) is 30.5 Å². The molecule has 3 rings (SSSR count). The maximum absolute atomic E-state index is 12.1. The van der Waals surface area contributed by atoms with Crippen LogP contribution in [0.25, 0.3) is 0 Å². The lowest BCUT2D eigenvalue weighted by atomic mass is 10.2. The number of hydrogen-bond acceptors (Lipinski definition) is 6. The molecule has 29 heavy (non-hydrogen) atoms. The SMILES string of the molecule is O=C(N/N=C/c1ccccc1OCc1ccc([N+](=O)[O-])cc1)c1ccccc1O. The van der Waals surface area contributed by atoms with Crippen LogP contribution in [0.15, 0.2) is 77.9 Å². The van der Waals surface area contributed by atoms with Crippen LogP contribution in [0, 0.1) is 10.1 Å². The number of hydrogen-bond donors (Lipinski definition) is 2. The monoisotopic (exact) mass is 391 g/mol. The number of non-ortho nitro benzene ring substituents is 1. The van der Waals surface area contributed by atoms with Gasteiger partial charge >= 0.3 is 0 Å². The summed E-state index contributed by atoms with van der Waals surface area (Å²) in [7, 11) is 0. The second kappa shape index (κ2) is 9.14. The van der Waals surface area contributed by atoms with Gasteiger partial charge in [-0.25, -0.2) is 5.43 Å². The second-order valence-corrected chi connectivity index (χ2v) is 5.97. The maximum Gasteiger partial charge on any atom is 0.275 e. The van der Waals surface area contributed by atoms with Gasteiger partial charge in [0.1, 0.15) is 18.1 Å². The molecule has 0 aliphatic carbocycles. The van der Waals surface area contributed by atoms with Crippen LogP contribution < -0.4 is 10.2 Å². The van der Waals surface area contributed by atoms with Crippen molar-refractivity contribution in [3.63, 3.8) is 0 Å². The highest BCUT2D eigenvalue weighted by molar-refractivity contribution is 5.97. The smallest absolute Gasteiger partial charge is 0.275 e. The Morgan fingerprint density at radius 1 is 1.07 bits per heavy atom. The highest BCUT2D eigenvalue weighted by Gasteiger charge is 2.09. The third-order valence-corrected chi connectivity index (χ3v) is 3.98. The Morgan fingerprint density at radius 2 is 1.76 bits per heavy atom. The minimum Gasteiger partial charge on any atom is -0.507 e. The van der Waals surface area contributed by atoms with Crippen LogP contribution in [0.2, 0.25) is 0 Å². The third kappa shape index (κ3) is 5.16. The first-order valence-corrected chi connectivity index (χ1v) is 8.61. The number of para-hydroxylation sites is 2. The number of rotatable bonds is 7. The van der Waals surface area contributed by atoms with Crippen molar-refractivity contribution < 1.29 is 19.6 Å². The Balaban J connectivity index is 1.64. The summed E-state index contributed by atoms with van der Waals surface area (Å²) in [6.07, 6.45) is 1.43. The summed E-state index contributed by atoms with van der Waals surface area (Å²) in [5.41, 5.74) is 3.90. The van der Waals surface area contributed by atoms with Gasteiger partial charge in [-0.3, -0.25) is 14.9 Å². The zero-order valence-electron chi connectivity index (χ0n) is 15.2. The molecule has 0 fully saturated rings. The topological polar surface area (TPSA) is 114 Å². The molecule has 0 radical (unpaired) electrons. The fourth-order valence-corrected chi connectivity index (χ4v) is 2.48. The number of aromatic hydroxyl groups is 1. The predicted molar refractivity (Wildman–Crippen MR) is 107 cm³/mol. The van der Waals surface area contributed by atoms with Crippen molar-refractivity contribution in [2.75, 3.05) is 0 Å². The van der Waals surface area contributed by atoms with Gasteiger partial charge in [0.25, 0.3) is 11.6 Å². The van der Waals surface area contributed by atoms with E-state index < -0.39 is 10.8 Å². The second-order valence-electron chi connectivity index (χ2n) is 5.97. The molecule has 0 heterocycles. The van der Waals surface area contributed by atoms with Gasteiger partial charge in [-0.05, 0) is 42.0 Å². The van der Waals surface area contributed by atoms with E-state index in [4.69, 9.17) is 4.74 Å². The molecule has 0 aliphatic rings. The van der Waals surface area contributed by atoms with Crippen molar-refractivity contribution in [1.29, 1.82) is 0 Å². The fraction of sp³-hybridized carbons (Fsp3) is 0.0476. The molecule has 0 atom stereocenters. The Kier molecular flexibility index (Phi) is 6.16. The summed E-state index contributed by atoms with van der Waals surface area (Å²) >= 11 is 0. The molecule has 0 bridgehead atoms. The maximum atomic E-state index is 12.1. The Morgan fingerprint density at radius 3 is 2.48 bits per heavy atom. The minimum atomic E-state index is -0.538. The number of nitro benzene ring substituents is 1. The van der Waals surface area contributed by atoms with Gasteiger partial charge in [0, 0.05) is 17.7 Å². The molecule has 0 saturated carbocycles. The normalized spacial score (nSPS) is 10.6. The number of phenolic OH excluding ortho intramolecular Hbond substituents is 1. The zero-order chi connectivity index (χ0) is 20.6. The molecule has 2 N–H and O–H groups in total. The van der Waals surface area contributed by atoms with Crippen LogP contribution in [-0.2, 0) is 6.61 Å². The number of hydrazone groups is 1. The molecule has 3 aromatic carbocycles. The van der Waals surface area contributed by atoms with Gasteiger partial charge < -0.3 is 9.84 Å². The van der Waals surface area contributed by atoms with Crippen molar-refractivity contribution in [3.8, 4) is 11.5 Å². The molecular weight excluding hydrogens is 374 g/mol. The van der Waals surface area contributed by atoms with Crippen LogP contribution in [0.1, 0.15) is 21.5 Å². The number of carbonyl (C=O) groups is 1. The number of nitrogens with zero attached hydrogens (tertiary/aromatic N) is 2. The molecule has 0 aliphatic heterocycles. The van der Waals surface area contributed by atoms with Gasteiger partial charge in [-0.2, -0.15) is 5.10 Å². The van der Waals surface area contributed by atoms with Crippen LogP contribution in [0.4, 0.5) is 5.69 Å². The fourth-order valence-electron chi connectivity index (χ4n) is 2.48. The van der Waals surface area contributed by atoms with Gasteiger partial charge in [-0.15, -0.1) is 0 Å². The lowest BCUT2D eigenvalue weighted by Gasteiger charge is -2.09. The molecule has 146 valence electrons. The first-order valence-electron chi connectivity index (χ1n) is 8.61. The van der Waals surface area contributed by atoms with E-state index in [0.29, 0.717) is 11.3 Å². The first kappa shape index (κ1) is 19.6. The molecule has 0 aromatic heterocycles. The molecule has 0 saturated heterocycles. The van der Waals surface area contributed by atoms with Crippen LogP contribution in [0.5, 0.6) is 11.5 Å². The lowest BCUT2D eigenvalue weighted by Crippen LogP contribution is -2.17. The van der Waals surface area contributed by atoms with Crippen molar-refractivity contribution in [1.82, 2.24) is 5.43 Å². The van der Waals surface area contributed by atoms with E-state index in [1.54, 1.807) is 48.5 Å². The molecule has 8 heteroatoms. The van der Waals surface area contributed by atoms with Gasteiger partial charge in [0.15, 0.2) is 0 Å². The van der Waals surface area contributed by atoms with E-state index in [9.17, 15) is 20.0 Å². The summed E-state index contributed by atoms with van der Waals surface area (Å²) in [5, 5.41) is 24.3. The first-order chi connectivity index (χ1) is 14.0. The molecular formula is C21H17N3O5. The van der Waals surface area contributed by atoms with E-state index >= 15 is 0 Å². The van der Waals surface area contributed by atoms with Crippen LogP contribution in [0.3, 0.4) is 0 Å². The zero-order valence-corrected chi connectivity index (χ0v) is 15.2. The number of carbonyl (C=O) groups excluding carboxylic acids is 1. The average molecular weight is 391 g/mol. The molecule has 8 nitrogen and oxygen atoms in total. The largest absolute Gasteiger partial charge is 0.507 e. The van der Waals surface area contributed by atoms with E-state index in [1.807, 2.05) is 0 Å². The number of nitrogens with one attached hydrogen (secondary N) is 1.